The van der Waals surface area contributed by atoms with Crippen molar-refractivity contribution >= 4 is 16.0 Å². The van der Waals surface area contributed by atoms with E-state index in [0.29, 0.717) is 19.0 Å². The van der Waals surface area contributed by atoms with Crippen LogP contribution in [0.5, 0.6) is 0 Å². The Hall–Kier alpha value is -1.64. The van der Waals surface area contributed by atoms with Crippen LogP contribution in [-0.2, 0) is 21.2 Å². The van der Waals surface area contributed by atoms with Gasteiger partial charge < -0.3 is 15.4 Å². The molecule has 0 heterocycles. The molecular formula is C18H32N4O3S. The minimum atomic E-state index is -3.64. The summed E-state index contributed by atoms with van der Waals surface area (Å²) in [5.74, 6) is 1.33. The van der Waals surface area contributed by atoms with Gasteiger partial charge in [0, 0.05) is 32.8 Å². The number of benzene rings is 1. The van der Waals surface area contributed by atoms with E-state index in [1.807, 2.05) is 6.92 Å². The Morgan fingerprint density at radius 3 is 2.50 bits per heavy atom. The maximum absolute atomic E-state index is 11.3. The van der Waals surface area contributed by atoms with Crippen molar-refractivity contribution in [3.8, 4) is 0 Å². The van der Waals surface area contributed by atoms with Crippen LogP contribution < -0.4 is 15.8 Å². The van der Waals surface area contributed by atoms with Gasteiger partial charge in [-0.1, -0.05) is 26.0 Å². The third-order valence-corrected chi connectivity index (χ3v) is 4.40. The molecule has 1 aromatic carbocycles. The highest BCUT2D eigenvalue weighted by atomic mass is 32.2. The first-order chi connectivity index (χ1) is 12.3. The molecule has 148 valence electrons. The van der Waals surface area contributed by atoms with Crippen LogP contribution in [0.2, 0.25) is 0 Å². The smallest absolute Gasteiger partial charge is 0.238 e. The molecule has 0 aliphatic heterocycles. The van der Waals surface area contributed by atoms with Crippen molar-refractivity contribution in [2.75, 3.05) is 32.8 Å². The van der Waals surface area contributed by atoms with Gasteiger partial charge in [0.1, 0.15) is 0 Å². The number of nitrogens with one attached hydrogen (secondary N) is 2. The Labute approximate surface area is 157 Å². The molecule has 0 saturated heterocycles. The Kier molecular flexibility index (Phi) is 10.2. The average molecular weight is 385 g/mol. The fourth-order valence-electron chi connectivity index (χ4n) is 2.19. The van der Waals surface area contributed by atoms with Crippen LogP contribution in [0.1, 0.15) is 32.8 Å². The zero-order chi connectivity index (χ0) is 19.4. The van der Waals surface area contributed by atoms with E-state index in [9.17, 15) is 8.42 Å². The molecule has 7 nitrogen and oxygen atoms in total. The van der Waals surface area contributed by atoms with Crippen LogP contribution in [0.4, 0.5) is 0 Å². The molecule has 0 aliphatic carbocycles. The second kappa shape index (κ2) is 11.9. The molecule has 8 heteroatoms. The second-order valence-electron chi connectivity index (χ2n) is 6.45. The topological polar surface area (TPSA) is 106 Å². The SMILES string of the molecule is CCNC(=NCCCOCC(C)C)NCCc1ccc(S(N)(=O)=O)cc1. The van der Waals surface area contributed by atoms with E-state index in [0.717, 1.165) is 44.1 Å². The van der Waals surface area contributed by atoms with Crippen LogP contribution in [0.15, 0.2) is 34.2 Å². The molecule has 0 fully saturated rings. The number of nitrogens with two attached hydrogens (primary N) is 1. The standard InChI is InChI=1S/C18H32N4O3S/c1-4-20-18(21-11-5-13-25-14-15(2)3)22-12-10-16-6-8-17(9-7-16)26(19,23)24/h6-9,15H,4-5,10-14H2,1-3H3,(H2,19,23,24)(H2,20,21,22). The summed E-state index contributed by atoms with van der Waals surface area (Å²) >= 11 is 0. The Bertz CT molecular complexity index is 643. The predicted molar refractivity (Wildman–Crippen MR) is 106 cm³/mol. The van der Waals surface area contributed by atoms with Crippen molar-refractivity contribution in [1.29, 1.82) is 0 Å². The molecule has 4 N–H and O–H groups in total. The first-order valence-electron chi connectivity index (χ1n) is 9.04. The van der Waals surface area contributed by atoms with E-state index in [4.69, 9.17) is 9.88 Å². The lowest BCUT2D eigenvalue weighted by atomic mass is 10.1. The Balaban J connectivity index is 2.37. The number of primary sulfonamides is 1. The van der Waals surface area contributed by atoms with Gasteiger partial charge in [-0.3, -0.25) is 4.99 Å². The zero-order valence-electron chi connectivity index (χ0n) is 16.0. The van der Waals surface area contributed by atoms with E-state index >= 15 is 0 Å². The van der Waals surface area contributed by atoms with Crippen LogP contribution in [0.25, 0.3) is 0 Å². The van der Waals surface area contributed by atoms with Crippen LogP contribution in [0, 0.1) is 5.92 Å². The van der Waals surface area contributed by atoms with Gasteiger partial charge in [0.2, 0.25) is 10.0 Å². The summed E-state index contributed by atoms with van der Waals surface area (Å²) < 4.78 is 28.1. The molecule has 26 heavy (non-hydrogen) atoms. The fourth-order valence-corrected chi connectivity index (χ4v) is 2.70. The largest absolute Gasteiger partial charge is 0.381 e. The normalized spacial score (nSPS) is 12.4. The number of ether oxygens (including phenoxy) is 1. The quantitative estimate of drug-likeness (QED) is 0.304. The maximum atomic E-state index is 11.3. The third-order valence-electron chi connectivity index (χ3n) is 3.47. The van der Waals surface area contributed by atoms with Crippen LogP contribution >= 0.6 is 0 Å². The minimum Gasteiger partial charge on any atom is -0.381 e. The minimum absolute atomic E-state index is 0.129. The number of hydrogen-bond donors (Lipinski definition) is 3. The predicted octanol–water partition coefficient (Wildman–Crippen LogP) is 1.49. The van der Waals surface area contributed by atoms with Gasteiger partial charge >= 0.3 is 0 Å². The van der Waals surface area contributed by atoms with E-state index in [-0.39, 0.29) is 4.90 Å². The van der Waals surface area contributed by atoms with Gasteiger partial charge in [0.05, 0.1) is 4.90 Å². The van der Waals surface area contributed by atoms with E-state index in [1.165, 1.54) is 12.1 Å². The number of rotatable bonds is 11. The van der Waals surface area contributed by atoms with E-state index in [1.54, 1.807) is 12.1 Å². The van der Waals surface area contributed by atoms with Crippen molar-refractivity contribution < 1.29 is 13.2 Å². The van der Waals surface area contributed by atoms with Gasteiger partial charge in [-0.25, -0.2) is 13.6 Å². The van der Waals surface area contributed by atoms with Crippen molar-refractivity contribution in [2.45, 2.75) is 38.5 Å². The molecule has 0 aromatic heterocycles. The molecule has 0 bridgehead atoms. The molecule has 0 unspecified atom stereocenters. The van der Waals surface area contributed by atoms with E-state index < -0.39 is 10.0 Å². The highest BCUT2D eigenvalue weighted by Gasteiger charge is 2.06. The van der Waals surface area contributed by atoms with Crippen LogP contribution in [0.3, 0.4) is 0 Å². The molecule has 0 saturated carbocycles. The van der Waals surface area contributed by atoms with Crippen molar-refractivity contribution in [3.05, 3.63) is 29.8 Å². The molecule has 0 aliphatic rings. The number of nitrogens with zero attached hydrogens (tertiary/aromatic N) is 1. The monoisotopic (exact) mass is 384 g/mol. The van der Waals surface area contributed by atoms with Gasteiger partial charge in [-0.2, -0.15) is 0 Å². The van der Waals surface area contributed by atoms with Crippen molar-refractivity contribution in [1.82, 2.24) is 10.6 Å². The number of hydrogen-bond acceptors (Lipinski definition) is 4. The lowest BCUT2D eigenvalue weighted by Crippen LogP contribution is -2.38. The lowest BCUT2D eigenvalue weighted by molar-refractivity contribution is 0.109. The first kappa shape index (κ1) is 22.4. The van der Waals surface area contributed by atoms with Crippen LogP contribution in [-0.4, -0.2) is 47.2 Å². The average Bonchev–Trinajstić information content (AvgIpc) is 2.57. The highest BCUT2D eigenvalue weighted by molar-refractivity contribution is 7.89. The van der Waals surface area contributed by atoms with Gasteiger partial charge in [0.25, 0.3) is 0 Å². The third kappa shape index (κ3) is 9.74. The number of aliphatic imine (C=N–C) groups is 1. The maximum Gasteiger partial charge on any atom is 0.238 e. The number of guanidine groups is 1. The molecule has 0 radical (unpaired) electrons. The molecule has 1 aromatic rings. The summed E-state index contributed by atoms with van der Waals surface area (Å²) in [6, 6.07) is 6.61. The molecule has 0 spiro atoms. The fraction of sp³-hybridized carbons (Fsp3) is 0.611. The van der Waals surface area contributed by atoms with E-state index in [2.05, 4.69) is 29.5 Å². The summed E-state index contributed by atoms with van der Waals surface area (Å²) in [7, 11) is -3.64. The molecule has 1 rings (SSSR count). The Morgan fingerprint density at radius 1 is 1.23 bits per heavy atom. The molecular weight excluding hydrogens is 352 g/mol. The van der Waals surface area contributed by atoms with Crippen molar-refractivity contribution in [3.63, 3.8) is 0 Å². The molecule has 0 amide bonds. The van der Waals surface area contributed by atoms with Gasteiger partial charge in [-0.05, 0) is 43.4 Å². The Morgan fingerprint density at radius 2 is 1.92 bits per heavy atom. The lowest BCUT2D eigenvalue weighted by Gasteiger charge is -2.11. The first-order valence-corrected chi connectivity index (χ1v) is 10.6. The van der Waals surface area contributed by atoms with Crippen molar-refractivity contribution in [2.24, 2.45) is 16.0 Å². The zero-order valence-corrected chi connectivity index (χ0v) is 16.8. The summed E-state index contributed by atoms with van der Waals surface area (Å²) in [5.41, 5.74) is 1.03. The summed E-state index contributed by atoms with van der Waals surface area (Å²) in [6.07, 6.45) is 1.64. The summed E-state index contributed by atoms with van der Waals surface area (Å²) in [6.45, 7) is 9.99. The summed E-state index contributed by atoms with van der Waals surface area (Å²) in [5, 5.41) is 11.6. The second-order valence-corrected chi connectivity index (χ2v) is 8.01. The van der Waals surface area contributed by atoms with Gasteiger partial charge in [-0.15, -0.1) is 0 Å². The molecule has 0 atom stereocenters. The van der Waals surface area contributed by atoms with Gasteiger partial charge in [0.15, 0.2) is 5.96 Å². The highest BCUT2D eigenvalue weighted by Crippen LogP contribution is 2.08. The summed E-state index contributed by atoms with van der Waals surface area (Å²) in [4.78, 5) is 4.65. The number of sulfonamides is 1.